The molecule has 1 heterocycles. The maximum Gasteiger partial charge on any atom is 0.225 e. The Kier molecular flexibility index (Phi) is 6.33. The van der Waals surface area contributed by atoms with E-state index in [2.05, 4.69) is 10.2 Å². The Morgan fingerprint density at radius 1 is 1.29 bits per heavy atom. The highest BCUT2D eigenvalue weighted by molar-refractivity contribution is 6.31. The number of hydrogen-bond acceptors (Lipinski definition) is 3. The molecule has 0 atom stereocenters. The Hall–Kier alpha value is -1.26. The van der Waals surface area contributed by atoms with Crippen LogP contribution in [0.4, 0.5) is 5.69 Å². The van der Waals surface area contributed by atoms with Gasteiger partial charge in [0.15, 0.2) is 0 Å². The molecule has 0 aliphatic carbocycles. The van der Waals surface area contributed by atoms with Crippen molar-refractivity contribution in [3.05, 3.63) is 23.2 Å². The number of methoxy groups -OCH3 is 1. The van der Waals surface area contributed by atoms with Crippen molar-refractivity contribution in [2.75, 3.05) is 32.1 Å². The SMILES string of the molecule is COc1ccc(Cl)cc1NC(=O)CCN1CCCCCC1. The van der Waals surface area contributed by atoms with Crippen LogP contribution in [-0.4, -0.2) is 37.6 Å². The summed E-state index contributed by atoms with van der Waals surface area (Å²) in [7, 11) is 1.58. The lowest BCUT2D eigenvalue weighted by molar-refractivity contribution is -0.116. The van der Waals surface area contributed by atoms with E-state index >= 15 is 0 Å². The van der Waals surface area contributed by atoms with E-state index in [0.29, 0.717) is 22.9 Å². The fourth-order valence-electron chi connectivity index (χ4n) is 2.61. The summed E-state index contributed by atoms with van der Waals surface area (Å²) in [6.07, 6.45) is 5.59. The number of halogens is 1. The van der Waals surface area contributed by atoms with E-state index < -0.39 is 0 Å². The number of anilines is 1. The first-order chi connectivity index (χ1) is 10.2. The molecular formula is C16H23ClN2O2. The van der Waals surface area contributed by atoms with Gasteiger partial charge in [-0.15, -0.1) is 0 Å². The minimum absolute atomic E-state index is 0.000173. The van der Waals surface area contributed by atoms with Crippen molar-refractivity contribution < 1.29 is 9.53 Å². The minimum Gasteiger partial charge on any atom is -0.495 e. The lowest BCUT2D eigenvalue weighted by Gasteiger charge is -2.19. The summed E-state index contributed by atoms with van der Waals surface area (Å²) >= 11 is 5.96. The van der Waals surface area contributed by atoms with Gasteiger partial charge < -0.3 is 15.0 Å². The highest BCUT2D eigenvalue weighted by Crippen LogP contribution is 2.27. The second-order valence-electron chi connectivity index (χ2n) is 5.40. The summed E-state index contributed by atoms with van der Waals surface area (Å²) in [5.41, 5.74) is 0.630. The molecule has 0 saturated carbocycles. The van der Waals surface area contributed by atoms with Crippen LogP contribution in [-0.2, 0) is 4.79 Å². The molecule has 1 amide bonds. The van der Waals surface area contributed by atoms with Gasteiger partial charge >= 0.3 is 0 Å². The number of benzene rings is 1. The molecule has 0 aromatic heterocycles. The van der Waals surface area contributed by atoms with Crippen molar-refractivity contribution >= 4 is 23.2 Å². The van der Waals surface area contributed by atoms with E-state index in [0.717, 1.165) is 19.6 Å². The van der Waals surface area contributed by atoms with Crippen molar-refractivity contribution in [2.45, 2.75) is 32.1 Å². The lowest BCUT2D eigenvalue weighted by atomic mass is 10.2. The predicted molar refractivity (Wildman–Crippen MR) is 86.2 cm³/mol. The Labute approximate surface area is 131 Å². The Bertz CT molecular complexity index is 471. The molecule has 0 radical (unpaired) electrons. The zero-order valence-electron chi connectivity index (χ0n) is 12.5. The van der Waals surface area contributed by atoms with Crippen molar-refractivity contribution in [2.24, 2.45) is 0 Å². The number of carbonyl (C=O) groups is 1. The largest absolute Gasteiger partial charge is 0.495 e. The maximum atomic E-state index is 12.1. The molecule has 4 nitrogen and oxygen atoms in total. The first-order valence-corrected chi connectivity index (χ1v) is 7.92. The van der Waals surface area contributed by atoms with Gasteiger partial charge in [-0.05, 0) is 44.1 Å². The summed E-state index contributed by atoms with van der Waals surface area (Å²) in [5, 5.41) is 3.46. The second kappa shape index (κ2) is 8.25. The molecule has 1 aliphatic heterocycles. The summed E-state index contributed by atoms with van der Waals surface area (Å²) in [4.78, 5) is 14.5. The van der Waals surface area contributed by atoms with E-state index in [4.69, 9.17) is 16.3 Å². The standard InChI is InChI=1S/C16H23ClN2O2/c1-21-15-7-6-13(17)12-14(15)18-16(20)8-11-19-9-4-2-3-5-10-19/h6-7,12H,2-5,8-11H2,1H3,(H,18,20). The molecule has 5 heteroatoms. The van der Waals surface area contributed by atoms with Crippen LogP contribution < -0.4 is 10.1 Å². The van der Waals surface area contributed by atoms with Gasteiger partial charge in [-0.25, -0.2) is 0 Å². The van der Waals surface area contributed by atoms with Gasteiger partial charge in [0.1, 0.15) is 5.75 Å². The summed E-state index contributed by atoms with van der Waals surface area (Å²) in [6.45, 7) is 3.02. The van der Waals surface area contributed by atoms with Crippen LogP contribution in [0.3, 0.4) is 0 Å². The van der Waals surface area contributed by atoms with Crippen LogP contribution in [0.15, 0.2) is 18.2 Å². The zero-order chi connectivity index (χ0) is 15.1. The summed E-state index contributed by atoms with van der Waals surface area (Å²) in [6, 6.07) is 5.21. The number of amides is 1. The first kappa shape index (κ1) is 16.1. The molecular weight excluding hydrogens is 288 g/mol. The monoisotopic (exact) mass is 310 g/mol. The predicted octanol–water partition coefficient (Wildman–Crippen LogP) is 3.55. The van der Waals surface area contributed by atoms with Gasteiger partial charge in [0.05, 0.1) is 12.8 Å². The van der Waals surface area contributed by atoms with E-state index in [1.165, 1.54) is 25.7 Å². The quantitative estimate of drug-likeness (QED) is 0.904. The number of nitrogens with zero attached hydrogens (tertiary/aromatic N) is 1. The van der Waals surface area contributed by atoms with Gasteiger partial charge in [0, 0.05) is 18.0 Å². The van der Waals surface area contributed by atoms with E-state index in [9.17, 15) is 4.79 Å². The Balaban J connectivity index is 1.85. The van der Waals surface area contributed by atoms with Gasteiger partial charge in [0.2, 0.25) is 5.91 Å². The highest BCUT2D eigenvalue weighted by Gasteiger charge is 2.12. The average Bonchev–Trinajstić information content (AvgIpc) is 2.74. The molecule has 2 rings (SSSR count). The molecule has 1 fully saturated rings. The van der Waals surface area contributed by atoms with Gasteiger partial charge in [-0.1, -0.05) is 24.4 Å². The summed E-state index contributed by atoms with van der Waals surface area (Å²) < 4.78 is 5.23. The van der Waals surface area contributed by atoms with Gasteiger partial charge in [-0.2, -0.15) is 0 Å². The van der Waals surface area contributed by atoms with Crippen LogP contribution in [0.1, 0.15) is 32.1 Å². The van der Waals surface area contributed by atoms with E-state index in [1.54, 1.807) is 25.3 Å². The molecule has 1 N–H and O–H groups in total. The second-order valence-corrected chi connectivity index (χ2v) is 5.84. The van der Waals surface area contributed by atoms with Crippen molar-refractivity contribution in [1.29, 1.82) is 0 Å². The molecule has 116 valence electrons. The molecule has 1 saturated heterocycles. The van der Waals surface area contributed by atoms with Crippen molar-refractivity contribution in [3.8, 4) is 5.75 Å². The number of carbonyl (C=O) groups excluding carboxylic acids is 1. The van der Waals surface area contributed by atoms with Crippen LogP contribution in [0, 0.1) is 0 Å². The number of ether oxygens (including phenoxy) is 1. The number of hydrogen-bond donors (Lipinski definition) is 1. The number of nitrogens with one attached hydrogen (secondary N) is 1. The number of likely N-dealkylation sites (tertiary alicyclic amines) is 1. The van der Waals surface area contributed by atoms with Crippen LogP contribution >= 0.6 is 11.6 Å². The van der Waals surface area contributed by atoms with Crippen LogP contribution in [0.25, 0.3) is 0 Å². The fourth-order valence-corrected chi connectivity index (χ4v) is 2.78. The zero-order valence-corrected chi connectivity index (χ0v) is 13.3. The summed E-state index contributed by atoms with van der Waals surface area (Å²) in [5.74, 6) is 0.627. The highest BCUT2D eigenvalue weighted by atomic mass is 35.5. The first-order valence-electron chi connectivity index (χ1n) is 7.55. The molecule has 1 aromatic carbocycles. The third-order valence-corrected chi connectivity index (χ3v) is 4.02. The van der Waals surface area contributed by atoms with Crippen molar-refractivity contribution in [1.82, 2.24) is 4.90 Å². The smallest absolute Gasteiger partial charge is 0.225 e. The fraction of sp³-hybridized carbons (Fsp3) is 0.562. The van der Waals surface area contributed by atoms with Crippen molar-refractivity contribution in [3.63, 3.8) is 0 Å². The minimum atomic E-state index is -0.000173. The van der Waals surface area contributed by atoms with Gasteiger partial charge in [-0.3, -0.25) is 4.79 Å². The maximum absolute atomic E-state index is 12.1. The topological polar surface area (TPSA) is 41.6 Å². The molecule has 1 aliphatic rings. The van der Waals surface area contributed by atoms with Crippen LogP contribution in [0.5, 0.6) is 5.75 Å². The van der Waals surface area contributed by atoms with E-state index in [1.807, 2.05) is 0 Å². The average molecular weight is 311 g/mol. The van der Waals surface area contributed by atoms with Gasteiger partial charge in [0.25, 0.3) is 0 Å². The third-order valence-electron chi connectivity index (χ3n) is 3.79. The molecule has 0 unspecified atom stereocenters. The molecule has 0 spiro atoms. The lowest BCUT2D eigenvalue weighted by Crippen LogP contribution is -2.28. The molecule has 1 aromatic rings. The third kappa shape index (κ3) is 5.21. The number of rotatable bonds is 5. The van der Waals surface area contributed by atoms with E-state index in [-0.39, 0.29) is 5.91 Å². The van der Waals surface area contributed by atoms with Crippen LogP contribution in [0.2, 0.25) is 5.02 Å². The Morgan fingerprint density at radius 3 is 2.67 bits per heavy atom. The molecule has 21 heavy (non-hydrogen) atoms. The molecule has 0 bridgehead atoms. The normalized spacial score (nSPS) is 16.3. The Morgan fingerprint density at radius 2 is 2.00 bits per heavy atom.